The van der Waals surface area contributed by atoms with E-state index in [9.17, 15) is 4.79 Å². The van der Waals surface area contributed by atoms with E-state index < -0.39 is 0 Å². The maximum Gasteiger partial charge on any atom is 0.341 e. The van der Waals surface area contributed by atoms with Crippen molar-refractivity contribution >= 4 is 11.8 Å². The Bertz CT molecular complexity index is 683. The first kappa shape index (κ1) is 15.5. The minimum Gasteiger partial charge on any atom is -0.462 e. The molecule has 3 rings (SSSR count). The molecule has 3 heterocycles. The van der Waals surface area contributed by atoms with E-state index in [2.05, 4.69) is 21.2 Å². The Balaban J connectivity index is 1.70. The van der Waals surface area contributed by atoms with E-state index in [1.807, 2.05) is 24.9 Å². The molecule has 1 atom stereocenters. The van der Waals surface area contributed by atoms with Crippen LogP contribution in [0.5, 0.6) is 0 Å². The zero-order valence-corrected chi connectivity index (χ0v) is 13.6. The molecule has 23 heavy (non-hydrogen) atoms. The van der Waals surface area contributed by atoms with Crippen molar-refractivity contribution in [2.24, 2.45) is 13.0 Å². The predicted octanol–water partition coefficient (Wildman–Crippen LogP) is 2.06. The van der Waals surface area contributed by atoms with E-state index in [0.29, 0.717) is 18.1 Å². The maximum absolute atomic E-state index is 12.1. The highest BCUT2D eigenvalue weighted by Gasteiger charge is 2.27. The molecule has 1 unspecified atom stereocenters. The molecule has 0 aromatic carbocycles. The van der Waals surface area contributed by atoms with Gasteiger partial charge < -0.3 is 9.64 Å². The van der Waals surface area contributed by atoms with E-state index in [1.54, 1.807) is 18.3 Å². The number of anilines is 1. The SMILES string of the molecule is CCOC(=O)c1cccnc1N1CCC(Cc2cnn(C)c2)C1. The predicted molar refractivity (Wildman–Crippen MR) is 87.4 cm³/mol. The fourth-order valence-electron chi connectivity index (χ4n) is 3.12. The number of pyridine rings is 1. The number of aromatic nitrogens is 3. The Labute approximate surface area is 136 Å². The third-order valence-corrected chi connectivity index (χ3v) is 4.15. The van der Waals surface area contributed by atoms with Crippen molar-refractivity contribution < 1.29 is 9.53 Å². The molecule has 1 aliphatic heterocycles. The quantitative estimate of drug-likeness (QED) is 0.791. The molecule has 0 spiro atoms. The van der Waals surface area contributed by atoms with Crippen LogP contribution in [0.25, 0.3) is 0 Å². The fourth-order valence-corrected chi connectivity index (χ4v) is 3.12. The van der Waals surface area contributed by atoms with E-state index in [4.69, 9.17) is 4.74 Å². The Morgan fingerprint density at radius 2 is 2.35 bits per heavy atom. The van der Waals surface area contributed by atoms with Gasteiger partial charge in [-0.1, -0.05) is 0 Å². The molecule has 1 saturated heterocycles. The number of carbonyl (C=O) groups is 1. The monoisotopic (exact) mass is 314 g/mol. The van der Waals surface area contributed by atoms with Gasteiger partial charge in [-0.25, -0.2) is 9.78 Å². The fraction of sp³-hybridized carbons (Fsp3) is 0.471. The van der Waals surface area contributed by atoms with Gasteiger partial charge in [0.2, 0.25) is 0 Å². The van der Waals surface area contributed by atoms with Gasteiger partial charge in [0, 0.05) is 32.5 Å². The van der Waals surface area contributed by atoms with Crippen LogP contribution in [0.4, 0.5) is 5.82 Å². The van der Waals surface area contributed by atoms with Gasteiger partial charge in [-0.2, -0.15) is 5.10 Å². The number of carbonyl (C=O) groups excluding carboxylic acids is 1. The average Bonchev–Trinajstić information content (AvgIpc) is 3.17. The van der Waals surface area contributed by atoms with Crippen LogP contribution in [-0.2, 0) is 18.2 Å². The summed E-state index contributed by atoms with van der Waals surface area (Å²) in [5.41, 5.74) is 1.81. The summed E-state index contributed by atoms with van der Waals surface area (Å²) in [6, 6.07) is 3.56. The summed E-state index contributed by atoms with van der Waals surface area (Å²) in [7, 11) is 1.93. The molecular weight excluding hydrogens is 292 g/mol. The van der Waals surface area contributed by atoms with Crippen LogP contribution in [-0.4, -0.2) is 40.4 Å². The number of esters is 1. The molecule has 0 amide bonds. The lowest BCUT2D eigenvalue weighted by Crippen LogP contribution is -2.24. The smallest absolute Gasteiger partial charge is 0.341 e. The first-order valence-corrected chi connectivity index (χ1v) is 8.02. The zero-order chi connectivity index (χ0) is 16.2. The van der Waals surface area contributed by atoms with Crippen LogP contribution in [0.1, 0.15) is 29.3 Å². The van der Waals surface area contributed by atoms with Crippen molar-refractivity contribution in [3.8, 4) is 0 Å². The second-order valence-electron chi connectivity index (χ2n) is 5.92. The minimum atomic E-state index is -0.300. The van der Waals surface area contributed by atoms with Crippen molar-refractivity contribution in [3.63, 3.8) is 0 Å². The molecule has 6 nitrogen and oxygen atoms in total. The highest BCUT2D eigenvalue weighted by molar-refractivity contribution is 5.94. The van der Waals surface area contributed by atoms with Crippen LogP contribution in [0, 0.1) is 5.92 Å². The van der Waals surface area contributed by atoms with Gasteiger partial charge in [0.15, 0.2) is 0 Å². The van der Waals surface area contributed by atoms with E-state index in [0.717, 1.165) is 31.7 Å². The van der Waals surface area contributed by atoms with Gasteiger partial charge >= 0.3 is 5.97 Å². The lowest BCUT2D eigenvalue weighted by Gasteiger charge is -2.20. The number of hydrogen-bond donors (Lipinski definition) is 0. The van der Waals surface area contributed by atoms with Crippen molar-refractivity contribution in [3.05, 3.63) is 41.9 Å². The third kappa shape index (κ3) is 3.52. The van der Waals surface area contributed by atoms with Crippen LogP contribution in [0.3, 0.4) is 0 Å². The molecule has 0 radical (unpaired) electrons. The second kappa shape index (κ2) is 6.81. The summed E-state index contributed by atoms with van der Waals surface area (Å²) in [5, 5.41) is 4.22. The summed E-state index contributed by atoms with van der Waals surface area (Å²) in [6.45, 7) is 4.00. The Morgan fingerprint density at radius 3 is 3.09 bits per heavy atom. The van der Waals surface area contributed by atoms with Crippen molar-refractivity contribution in [2.45, 2.75) is 19.8 Å². The topological polar surface area (TPSA) is 60.2 Å². The number of rotatable bonds is 5. The van der Waals surface area contributed by atoms with Crippen molar-refractivity contribution in [1.29, 1.82) is 0 Å². The lowest BCUT2D eigenvalue weighted by atomic mass is 10.0. The Morgan fingerprint density at radius 1 is 1.48 bits per heavy atom. The summed E-state index contributed by atoms with van der Waals surface area (Å²) in [5.74, 6) is 0.988. The lowest BCUT2D eigenvalue weighted by molar-refractivity contribution is 0.0526. The van der Waals surface area contributed by atoms with Gasteiger partial charge in [-0.15, -0.1) is 0 Å². The van der Waals surface area contributed by atoms with Crippen LogP contribution >= 0.6 is 0 Å². The largest absolute Gasteiger partial charge is 0.462 e. The normalized spacial score (nSPS) is 17.5. The summed E-state index contributed by atoms with van der Waals surface area (Å²) in [4.78, 5) is 18.7. The molecule has 2 aromatic rings. The van der Waals surface area contributed by atoms with E-state index in [1.165, 1.54) is 5.56 Å². The van der Waals surface area contributed by atoms with Crippen LogP contribution in [0.15, 0.2) is 30.7 Å². The molecule has 0 N–H and O–H groups in total. The van der Waals surface area contributed by atoms with Gasteiger partial charge in [0.1, 0.15) is 11.4 Å². The number of ether oxygens (including phenoxy) is 1. The number of aryl methyl sites for hydroxylation is 1. The Hall–Kier alpha value is -2.37. The van der Waals surface area contributed by atoms with Gasteiger partial charge in [-0.05, 0) is 43.4 Å². The number of nitrogens with zero attached hydrogens (tertiary/aromatic N) is 4. The first-order valence-electron chi connectivity index (χ1n) is 8.02. The molecular formula is C17H22N4O2. The highest BCUT2D eigenvalue weighted by Crippen LogP contribution is 2.27. The number of hydrogen-bond acceptors (Lipinski definition) is 5. The molecule has 0 bridgehead atoms. The molecule has 122 valence electrons. The van der Waals surface area contributed by atoms with Gasteiger partial charge in [0.25, 0.3) is 0 Å². The molecule has 0 saturated carbocycles. The maximum atomic E-state index is 12.1. The van der Waals surface area contributed by atoms with E-state index in [-0.39, 0.29) is 5.97 Å². The van der Waals surface area contributed by atoms with E-state index >= 15 is 0 Å². The zero-order valence-electron chi connectivity index (χ0n) is 13.6. The van der Waals surface area contributed by atoms with Crippen LogP contribution in [0.2, 0.25) is 0 Å². The summed E-state index contributed by atoms with van der Waals surface area (Å²) >= 11 is 0. The molecule has 0 aliphatic carbocycles. The minimum absolute atomic E-state index is 0.300. The molecule has 1 fully saturated rings. The Kier molecular flexibility index (Phi) is 4.60. The van der Waals surface area contributed by atoms with Gasteiger partial charge in [-0.3, -0.25) is 4.68 Å². The molecule has 1 aliphatic rings. The summed E-state index contributed by atoms with van der Waals surface area (Å²) < 4.78 is 6.97. The van der Waals surface area contributed by atoms with Crippen molar-refractivity contribution in [2.75, 3.05) is 24.6 Å². The molecule has 2 aromatic heterocycles. The molecule has 6 heteroatoms. The first-order chi connectivity index (χ1) is 11.2. The highest BCUT2D eigenvalue weighted by atomic mass is 16.5. The van der Waals surface area contributed by atoms with Crippen LogP contribution < -0.4 is 4.90 Å². The summed E-state index contributed by atoms with van der Waals surface area (Å²) in [6.07, 6.45) is 7.81. The van der Waals surface area contributed by atoms with Crippen molar-refractivity contribution in [1.82, 2.24) is 14.8 Å². The third-order valence-electron chi connectivity index (χ3n) is 4.15. The average molecular weight is 314 g/mol. The standard InChI is InChI=1S/C17H22N4O2/c1-3-23-17(22)15-5-4-7-18-16(15)21-8-6-13(12-21)9-14-10-19-20(2)11-14/h4-5,7,10-11,13H,3,6,8-9,12H2,1-2H3. The van der Waals surface area contributed by atoms with Gasteiger partial charge in [0.05, 0.1) is 12.8 Å². The second-order valence-corrected chi connectivity index (χ2v) is 5.92.